The smallest absolute Gasteiger partial charge is 0.253 e. The van der Waals surface area contributed by atoms with Crippen molar-refractivity contribution < 1.29 is 14.3 Å². The number of amides is 1. The fraction of sp³-hybridized carbons (Fsp3) is 0.440. The van der Waals surface area contributed by atoms with E-state index in [1.807, 2.05) is 31.2 Å². The Balaban J connectivity index is 0.00000544. The van der Waals surface area contributed by atoms with Crippen molar-refractivity contribution in [2.24, 2.45) is 4.99 Å². The van der Waals surface area contributed by atoms with E-state index < -0.39 is 0 Å². The van der Waals surface area contributed by atoms with E-state index in [9.17, 15) is 4.79 Å². The summed E-state index contributed by atoms with van der Waals surface area (Å²) in [6.45, 7) is 7.27. The van der Waals surface area contributed by atoms with Crippen molar-refractivity contribution in [3.63, 3.8) is 0 Å². The third-order valence-corrected chi connectivity index (χ3v) is 4.79. The van der Waals surface area contributed by atoms with Gasteiger partial charge >= 0.3 is 0 Å². The van der Waals surface area contributed by atoms with E-state index in [-0.39, 0.29) is 29.9 Å². The zero-order valence-electron chi connectivity index (χ0n) is 20.3. The number of methoxy groups -OCH3 is 1. The molecule has 7 nitrogen and oxygen atoms in total. The van der Waals surface area contributed by atoms with Gasteiger partial charge in [-0.15, -0.1) is 24.0 Å². The number of aryl methyl sites for hydroxylation is 1. The zero-order chi connectivity index (χ0) is 23.3. The molecule has 0 saturated heterocycles. The SMILES string of the molecule is CCNC(=NCc1ccc(C(=O)N(C)C)cc1)NCc1ccc(C)cc1OCCCOC.I. The number of ether oxygens (including phenoxy) is 2. The van der Waals surface area contributed by atoms with Crippen LogP contribution in [0.4, 0.5) is 0 Å². The van der Waals surface area contributed by atoms with Gasteiger partial charge in [0, 0.05) is 58.4 Å². The Morgan fingerprint density at radius 1 is 1.06 bits per heavy atom. The molecule has 0 aliphatic carbocycles. The van der Waals surface area contributed by atoms with Crippen LogP contribution in [0.25, 0.3) is 0 Å². The molecule has 0 aliphatic heterocycles. The average molecular weight is 569 g/mol. The molecule has 8 heteroatoms. The van der Waals surface area contributed by atoms with Gasteiger partial charge in [-0.2, -0.15) is 0 Å². The molecule has 182 valence electrons. The predicted octanol–water partition coefficient (Wildman–Crippen LogP) is 3.99. The molecule has 2 N–H and O–H groups in total. The average Bonchev–Trinajstić information content (AvgIpc) is 2.79. The molecule has 0 saturated carbocycles. The normalized spacial score (nSPS) is 10.9. The Labute approximate surface area is 215 Å². The highest BCUT2D eigenvalue weighted by molar-refractivity contribution is 14.0. The summed E-state index contributed by atoms with van der Waals surface area (Å²) in [5.41, 5.74) is 3.94. The Kier molecular flexibility index (Phi) is 13.5. The molecule has 0 radical (unpaired) electrons. The van der Waals surface area contributed by atoms with Crippen molar-refractivity contribution in [2.75, 3.05) is 41.0 Å². The first-order valence-electron chi connectivity index (χ1n) is 11.0. The van der Waals surface area contributed by atoms with Crippen LogP contribution < -0.4 is 15.4 Å². The number of nitrogens with zero attached hydrogens (tertiary/aromatic N) is 2. The summed E-state index contributed by atoms with van der Waals surface area (Å²) in [5.74, 6) is 1.60. The maximum absolute atomic E-state index is 12.0. The fourth-order valence-electron chi connectivity index (χ4n) is 3.03. The monoisotopic (exact) mass is 568 g/mol. The molecule has 0 spiro atoms. The van der Waals surface area contributed by atoms with E-state index in [1.54, 1.807) is 26.1 Å². The number of halogens is 1. The topological polar surface area (TPSA) is 75.2 Å². The lowest BCUT2D eigenvalue weighted by molar-refractivity contribution is 0.0827. The first-order valence-corrected chi connectivity index (χ1v) is 11.0. The number of nitrogens with one attached hydrogen (secondary N) is 2. The molecule has 0 fully saturated rings. The van der Waals surface area contributed by atoms with Gasteiger partial charge in [0.2, 0.25) is 0 Å². The Morgan fingerprint density at radius 3 is 2.42 bits per heavy atom. The lowest BCUT2D eigenvalue weighted by atomic mass is 10.1. The number of rotatable bonds is 11. The summed E-state index contributed by atoms with van der Waals surface area (Å²) in [6.07, 6.45) is 0.848. The lowest BCUT2D eigenvalue weighted by Crippen LogP contribution is -2.36. The maximum Gasteiger partial charge on any atom is 0.253 e. The molecular formula is C25H37IN4O3. The van der Waals surface area contributed by atoms with Gasteiger partial charge in [0.15, 0.2) is 5.96 Å². The van der Waals surface area contributed by atoms with Crippen LogP contribution in [-0.2, 0) is 17.8 Å². The highest BCUT2D eigenvalue weighted by Gasteiger charge is 2.08. The second-order valence-corrected chi connectivity index (χ2v) is 7.75. The Bertz CT molecular complexity index is 886. The van der Waals surface area contributed by atoms with E-state index in [4.69, 9.17) is 9.47 Å². The largest absolute Gasteiger partial charge is 0.493 e. The summed E-state index contributed by atoms with van der Waals surface area (Å²) >= 11 is 0. The molecule has 0 heterocycles. The minimum absolute atomic E-state index is 0. The van der Waals surface area contributed by atoms with Gasteiger partial charge in [-0.1, -0.05) is 24.3 Å². The van der Waals surface area contributed by atoms with Crippen LogP contribution in [0.3, 0.4) is 0 Å². The maximum atomic E-state index is 12.0. The molecule has 2 aromatic carbocycles. The third kappa shape index (κ3) is 10.00. The highest BCUT2D eigenvalue weighted by Crippen LogP contribution is 2.20. The number of hydrogen-bond acceptors (Lipinski definition) is 4. The third-order valence-electron chi connectivity index (χ3n) is 4.79. The molecule has 0 aliphatic rings. The van der Waals surface area contributed by atoms with Crippen molar-refractivity contribution in [1.82, 2.24) is 15.5 Å². The molecule has 0 unspecified atom stereocenters. The predicted molar refractivity (Wildman–Crippen MR) is 145 cm³/mol. The molecule has 2 rings (SSSR count). The standard InChI is InChI=1S/C25H36N4O3.HI/c1-6-26-25(27-17-20-9-12-21(13-10-20)24(30)29(3)4)28-18-22-11-8-19(2)16-23(22)32-15-7-14-31-5;/h8-13,16H,6-7,14-15,17-18H2,1-5H3,(H2,26,27,28);1H. The summed E-state index contributed by atoms with van der Waals surface area (Å²) in [5, 5.41) is 6.67. The van der Waals surface area contributed by atoms with Gasteiger partial charge < -0.3 is 25.0 Å². The minimum Gasteiger partial charge on any atom is -0.493 e. The van der Waals surface area contributed by atoms with E-state index in [0.29, 0.717) is 31.9 Å². The highest BCUT2D eigenvalue weighted by atomic mass is 127. The van der Waals surface area contributed by atoms with Gasteiger partial charge in [0.25, 0.3) is 5.91 Å². The number of guanidine groups is 1. The van der Waals surface area contributed by atoms with Crippen molar-refractivity contribution in [1.29, 1.82) is 0 Å². The zero-order valence-corrected chi connectivity index (χ0v) is 22.6. The number of aliphatic imine (C=N–C) groups is 1. The molecular weight excluding hydrogens is 531 g/mol. The second kappa shape index (κ2) is 15.5. The minimum atomic E-state index is -0.00611. The van der Waals surface area contributed by atoms with Crippen LogP contribution in [0, 0.1) is 6.92 Å². The molecule has 33 heavy (non-hydrogen) atoms. The first kappa shape index (κ1) is 28.7. The fourth-order valence-corrected chi connectivity index (χ4v) is 3.03. The molecule has 2 aromatic rings. The van der Waals surface area contributed by atoms with E-state index in [1.165, 1.54) is 0 Å². The molecule has 0 bridgehead atoms. The van der Waals surface area contributed by atoms with Crippen LogP contribution in [0.5, 0.6) is 5.75 Å². The van der Waals surface area contributed by atoms with Crippen molar-refractivity contribution in [3.05, 3.63) is 64.7 Å². The summed E-state index contributed by atoms with van der Waals surface area (Å²) in [4.78, 5) is 18.3. The number of hydrogen-bond donors (Lipinski definition) is 2. The summed E-state index contributed by atoms with van der Waals surface area (Å²) in [7, 11) is 5.19. The van der Waals surface area contributed by atoms with E-state index in [0.717, 1.165) is 41.4 Å². The van der Waals surface area contributed by atoms with E-state index >= 15 is 0 Å². The quantitative estimate of drug-likeness (QED) is 0.186. The summed E-state index contributed by atoms with van der Waals surface area (Å²) < 4.78 is 11.1. The van der Waals surface area contributed by atoms with Crippen LogP contribution in [0.15, 0.2) is 47.5 Å². The van der Waals surface area contributed by atoms with Gasteiger partial charge in [-0.25, -0.2) is 4.99 Å². The van der Waals surface area contributed by atoms with Crippen molar-refractivity contribution in [3.8, 4) is 5.75 Å². The number of carbonyl (C=O) groups is 1. The first-order chi connectivity index (χ1) is 15.4. The lowest BCUT2D eigenvalue weighted by Gasteiger charge is -2.15. The molecule has 0 aromatic heterocycles. The van der Waals surface area contributed by atoms with Crippen LogP contribution >= 0.6 is 24.0 Å². The van der Waals surface area contributed by atoms with Gasteiger partial charge in [0.1, 0.15) is 5.75 Å². The van der Waals surface area contributed by atoms with Crippen LogP contribution in [0.2, 0.25) is 0 Å². The van der Waals surface area contributed by atoms with Gasteiger partial charge in [0.05, 0.1) is 13.2 Å². The Morgan fingerprint density at radius 2 is 1.79 bits per heavy atom. The van der Waals surface area contributed by atoms with Crippen LogP contribution in [-0.4, -0.2) is 57.7 Å². The van der Waals surface area contributed by atoms with Gasteiger partial charge in [-0.3, -0.25) is 4.79 Å². The van der Waals surface area contributed by atoms with Crippen molar-refractivity contribution in [2.45, 2.75) is 33.4 Å². The molecule has 0 atom stereocenters. The van der Waals surface area contributed by atoms with Gasteiger partial charge in [-0.05, 0) is 43.2 Å². The number of benzene rings is 2. The summed E-state index contributed by atoms with van der Waals surface area (Å²) in [6, 6.07) is 13.8. The van der Waals surface area contributed by atoms with Crippen molar-refractivity contribution >= 4 is 35.8 Å². The molecule has 1 amide bonds. The Hall–Kier alpha value is -2.33. The second-order valence-electron chi connectivity index (χ2n) is 7.75. The number of carbonyl (C=O) groups excluding carboxylic acids is 1. The van der Waals surface area contributed by atoms with Crippen LogP contribution in [0.1, 0.15) is 40.4 Å². The van der Waals surface area contributed by atoms with E-state index in [2.05, 4.69) is 40.7 Å².